The van der Waals surface area contributed by atoms with Crippen LogP contribution in [0.5, 0.6) is 0 Å². The lowest BCUT2D eigenvalue weighted by atomic mass is 9.94. The van der Waals surface area contributed by atoms with Crippen molar-refractivity contribution in [2.45, 2.75) is 46.2 Å². The Bertz CT molecular complexity index is 1100. The monoisotopic (exact) mass is 437 g/mol. The Balaban J connectivity index is 1.46. The maximum absolute atomic E-state index is 12.7. The van der Waals surface area contributed by atoms with Gasteiger partial charge in [0, 0.05) is 43.4 Å². The van der Waals surface area contributed by atoms with Crippen LogP contribution in [0.25, 0.3) is 0 Å². The van der Waals surface area contributed by atoms with Crippen molar-refractivity contribution >= 4 is 23.2 Å². The van der Waals surface area contributed by atoms with Crippen LogP contribution in [0.2, 0.25) is 0 Å². The predicted octanol–water partition coefficient (Wildman–Crippen LogP) is 2.80. The molecule has 0 spiro atoms. The van der Waals surface area contributed by atoms with Crippen LogP contribution in [-0.4, -0.2) is 38.0 Å². The van der Waals surface area contributed by atoms with Crippen LogP contribution in [0.15, 0.2) is 29.8 Å². The zero-order valence-corrected chi connectivity index (χ0v) is 19.0. The molecule has 162 valence electrons. The SMILES string of the molecule is CCc1cc(C(=O)NCc2c(C)ncc3c2CCN(C(=O)Cc2cccs2)C3)n(C)n1. The van der Waals surface area contributed by atoms with Crippen LogP contribution in [0.4, 0.5) is 0 Å². The first-order chi connectivity index (χ1) is 15.0. The summed E-state index contributed by atoms with van der Waals surface area (Å²) < 4.78 is 1.62. The smallest absolute Gasteiger partial charge is 0.269 e. The van der Waals surface area contributed by atoms with E-state index in [0.29, 0.717) is 31.7 Å². The quantitative estimate of drug-likeness (QED) is 0.643. The predicted molar refractivity (Wildman–Crippen MR) is 120 cm³/mol. The number of aromatic nitrogens is 3. The fourth-order valence-corrected chi connectivity index (χ4v) is 4.71. The number of fused-ring (bicyclic) bond motifs is 1. The number of nitrogens with one attached hydrogen (secondary N) is 1. The van der Waals surface area contributed by atoms with Crippen molar-refractivity contribution in [3.8, 4) is 0 Å². The van der Waals surface area contributed by atoms with Gasteiger partial charge in [0.05, 0.1) is 12.1 Å². The van der Waals surface area contributed by atoms with E-state index in [-0.39, 0.29) is 11.8 Å². The lowest BCUT2D eigenvalue weighted by Crippen LogP contribution is -2.38. The topological polar surface area (TPSA) is 80.1 Å². The first-order valence-corrected chi connectivity index (χ1v) is 11.4. The van der Waals surface area contributed by atoms with Gasteiger partial charge in [0.1, 0.15) is 5.69 Å². The summed E-state index contributed by atoms with van der Waals surface area (Å²) in [5.41, 5.74) is 5.68. The zero-order valence-electron chi connectivity index (χ0n) is 18.1. The standard InChI is InChI=1S/C23H27N5O2S/c1-4-17-10-21(27(3)26-17)23(30)25-13-20-15(2)24-12-16-14-28(8-7-19(16)20)22(29)11-18-6-5-9-31-18/h5-6,9-10,12H,4,7-8,11,13-14H2,1-3H3,(H,25,30). The molecular weight excluding hydrogens is 410 g/mol. The highest BCUT2D eigenvalue weighted by atomic mass is 32.1. The van der Waals surface area contributed by atoms with Crippen LogP contribution in [0, 0.1) is 6.92 Å². The molecule has 0 saturated heterocycles. The summed E-state index contributed by atoms with van der Waals surface area (Å²) in [6.45, 7) is 5.65. The van der Waals surface area contributed by atoms with E-state index in [1.807, 2.05) is 48.5 Å². The molecule has 3 aromatic rings. The second-order valence-corrected chi connectivity index (χ2v) is 8.86. The van der Waals surface area contributed by atoms with Crippen molar-refractivity contribution in [3.05, 3.63) is 68.4 Å². The van der Waals surface area contributed by atoms with Gasteiger partial charge in [-0.2, -0.15) is 5.10 Å². The van der Waals surface area contributed by atoms with Crippen LogP contribution in [-0.2, 0) is 44.2 Å². The maximum Gasteiger partial charge on any atom is 0.269 e. The van der Waals surface area contributed by atoms with E-state index in [0.717, 1.165) is 40.2 Å². The maximum atomic E-state index is 12.7. The van der Waals surface area contributed by atoms with Crippen LogP contribution < -0.4 is 5.32 Å². The fraction of sp³-hybridized carbons (Fsp3) is 0.391. The van der Waals surface area contributed by atoms with Gasteiger partial charge < -0.3 is 10.2 Å². The molecule has 4 rings (SSSR count). The number of amides is 2. The zero-order chi connectivity index (χ0) is 22.0. The minimum atomic E-state index is -0.143. The van der Waals surface area contributed by atoms with Gasteiger partial charge in [-0.15, -0.1) is 11.3 Å². The number of rotatable bonds is 6. The van der Waals surface area contributed by atoms with E-state index in [1.54, 1.807) is 23.1 Å². The minimum Gasteiger partial charge on any atom is -0.347 e. The number of hydrogen-bond donors (Lipinski definition) is 1. The number of pyridine rings is 1. The highest BCUT2D eigenvalue weighted by molar-refractivity contribution is 7.10. The molecule has 8 heteroatoms. The largest absolute Gasteiger partial charge is 0.347 e. The van der Waals surface area contributed by atoms with Gasteiger partial charge in [-0.3, -0.25) is 19.3 Å². The lowest BCUT2D eigenvalue weighted by Gasteiger charge is -2.30. The van der Waals surface area contributed by atoms with Crippen molar-refractivity contribution in [2.24, 2.45) is 7.05 Å². The molecule has 4 heterocycles. The van der Waals surface area contributed by atoms with Crippen LogP contribution in [0.3, 0.4) is 0 Å². The molecule has 0 radical (unpaired) electrons. The van der Waals surface area contributed by atoms with Gasteiger partial charge in [-0.25, -0.2) is 0 Å². The lowest BCUT2D eigenvalue weighted by molar-refractivity contribution is -0.131. The minimum absolute atomic E-state index is 0.143. The Labute approximate surface area is 186 Å². The van der Waals surface area contributed by atoms with E-state index in [1.165, 1.54) is 5.56 Å². The Morgan fingerprint density at radius 1 is 1.32 bits per heavy atom. The summed E-state index contributed by atoms with van der Waals surface area (Å²) in [5, 5.41) is 9.38. The van der Waals surface area contributed by atoms with Crippen molar-refractivity contribution in [1.29, 1.82) is 0 Å². The van der Waals surface area contributed by atoms with Gasteiger partial charge in [-0.1, -0.05) is 13.0 Å². The summed E-state index contributed by atoms with van der Waals surface area (Å²) in [6.07, 6.45) is 3.87. The Kier molecular flexibility index (Phi) is 6.18. The molecule has 0 fully saturated rings. The van der Waals surface area contributed by atoms with Crippen molar-refractivity contribution < 1.29 is 9.59 Å². The Morgan fingerprint density at radius 2 is 2.16 bits per heavy atom. The number of carbonyl (C=O) groups is 2. The molecule has 3 aromatic heterocycles. The average Bonchev–Trinajstić information content (AvgIpc) is 3.41. The van der Waals surface area contributed by atoms with Gasteiger partial charge >= 0.3 is 0 Å². The van der Waals surface area contributed by atoms with Gasteiger partial charge in [0.2, 0.25) is 5.91 Å². The van der Waals surface area contributed by atoms with Crippen molar-refractivity contribution in [1.82, 2.24) is 25.0 Å². The first kappa shape index (κ1) is 21.2. The fourth-order valence-electron chi connectivity index (χ4n) is 4.01. The van der Waals surface area contributed by atoms with E-state index in [9.17, 15) is 9.59 Å². The second kappa shape index (κ2) is 9.01. The highest BCUT2D eigenvalue weighted by Gasteiger charge is 2.24. The average molecular weight is 438 g/mol. The summed E-state index contributed by atoms with van der Waals surface area (Å²) in [4.78, 5) is 32.9. The molecule has 0 aliphatic carbocycles. The Hall–Kier alpha value is -3.00. The summed E-state index contributed by atoms with van der Waals surface area (Å²) in [5.74, 6) is 0.00160. The number of aryl methyl sites for hydroxylation is 3. The summed E-state index contributed by atoms with van der Waals surface area (Å²) in [6, 6.07) is 5.80. The normalized spacial score (nSPS) is 13.2. The summed E-state index contributed by atoms with van der Waals surface area (Å²) in [7, 11) is 1.78. The van der Waals surface area contributed by atoms with Crippen LogP contribution in [0.1, 0.15) is 50.4 Å². The molecule has 0 aromatic carbocycles. The molecule has 7 nitrogen and oxygen atoms in total. The molecular formula is C23H27N5O2S. The van der Waals surface area contributed by atoms with E-state index < -0.39 is 0 Å². The number of nitrogens with zero attached hydrogens (tertiary/aromatic N) is 4. The van der Waals surface area contributed by atoms with Crippen molar-refractivity contribution in [2.75, 3.05) is 6.54 Å². The third-order valence-corrected chi connectivity index (χ3v) is 6.68. The Morgan fingerprint density at radius 3 is 2.87 bits per heavy atom. The molecule has 31 heavy (non-hydrogen) atoms. The number of carbonyl (C=O) groups excluding carboxylic acids is 2. The molecule has 0 saturated carbocycles. The van der Waals surface area contributed by atoms with Gasteiger partial charge in [0.15, 0.2) is 0 Å². The molecule has 1 N–H and O–H groups in total. The van der Waals surface area contributed by atoms with Gasteiger partial charge in [-0.05, 0) is 54.0 Å². The molecule has 0 unspecified atom stereocenters. The number of thiophene rings is 1. The molecule has 2 amide bonds. The molecule has 0 atom stereocenters. The number of hydrogen-bond acceptors (Lipinski definition) is 5. The molecule has 1 aliphatic rings. The second-order valence-electron chi connectivity index (χ2n) is 7.83. The third kappa shape index (κ3) is 4.54. The molecule has 1 aliphatic heterocycles. The van der Waals surface area contributed by atoms with Crippen LogP contribution >= 0.6 is 11.3 Å². The highest BCUT2D eigenvalue weighted by Crippen LogP contribution is 2.25. The first-order valence-electron chi connectivity index (χ1n) is 10.5. The van der Waals surface area contributed by atoms with Crippen molar-refractivity contribution in [3.63, 3.8) is 0 Å². The third-order valence-electron chi connectivity index (χ3n) is 5.80. The summed E-state index contributed by atoms with van der Waals surface area (Å²) >= 11 is 1.61. The van der Waals surface area contributed by atoms with Gasteiger partial charge in [0.25, 0.3) is 5.91 Å². The van der Waals surface area contributed by atoms with E-state index >= 15 is 0 Å². The van der Waals surface area contributed by atoms with E-state index in [2.05, 4.69) is 15.4 Å². The molecule has 0 bridgehead atoms. The van der Waals surface area contributed by atoms with E-state index in [4.69, 9.17) is 0 Å².